The average molecular weight is 238 g/mol. The van der Waals surface area contributed by atoms with Crippen LogP contribution in [0.25, 0.3) is 10.8 Å². The van der Waals surface area contributed by atoms with E-state index in [0.717, 1.165) is 16.3 Å². The van der Waals surface area contributed by atoms with E-state index in [4.69, 9.17) is 10.3 Å². The molecule has 0 amide bonds. The van der Waals surface area contributed by atoms with Gasteiger partial charge in [-0.1, -0.05) is 12.1 Å². The summed E-state index contributed by atoms with van der Waals surface area (Å²) in [6.07, 6.45) is 3.30. The molecule has 5 nitrogen and oxygen atoms in total. The quantitative estimate of drug-likeness (QED) is 0.878. The largest absolute Gasteiger partial charge is 0.333 e. The standard InChI is InChI=1S/C10H14N4OS/c1-3-7(11)4-9-13-10(15-14-9)8-5-12-6(2)16-8/h5,7H,3-4,11H2,1-2H3. The van der Waals surface area contributed by atoms with Crippen LogP contribution in [-0.4, -0.2) is 21.2 Å². The molecule has 2 rings (SSSR count). The van der Waals surface area contributed by atoms with E-state index in [1.165, 1.54) is 0 Å². The number of nitrogens with two attached hydrogens (primary N) is 1. The minimum Gasteiger partial charge on any atom is -0.333 e. The van der Waals surface area contributed by atoms with Crippen molar-refractivity contribution in [2.75, 3.05) is 0 Å². The summed E-state index contributed by atoms with van der Waals surface area (Å²) in [7, 11) is 0. The van der Waals surface area contributed by atoms with Crippen molar-refractivity contribution < 1.29 is 4.52 Å². The molecule has 0 aromatic carbocycles. The summed E-state index contributed by atoms with van der Waals surface area (Å²) in [5.41, 5.74) is 5.83. The Kier molecular flexibility index (Phi) is 3.31. The van der Waals surface area contributed by atoms with Crippen LogP contribution in [0.2, 0.25) is 0 Å². The molecule has 0 saturated heterocycles. The van der Waals surface area contributed by atoms with Crippen LogP contribution in [0.5, 0.6) is 0 Å². The lowest BCUT2D eigenvalue weighted by Crippen LogP contribution is -2.21. The molecule has 1 unspecified atom stereocenters. The number of hydrogen-bond acceptors (Lipinski definition) is 6. The summed E-state index contributed by atoms with van der Waals surface area (Å²) < 4.78 is 5.16. The van der Waals surface area contributed by atoms with Gasteiger partial charge in [0.1, 0.15) is 4.88 Å². The van der Waals surface area contributed by atoms with Crippen LogP contribution in [0.4, 0.5) is 0 Å². The van der Waals surface area contributed by atoms with Crippen LogP contribution >= 0.6 is 11.3 Å². The zero-order valence-corrected chi connectivity index (χ0v) is 10.1. The average Bonchev–Trinajstić information content (AvgIpc) is 2.87. The molecule has 2 N–H and O–H groups in total. The molecule has 2 heterocycles. The zero-order valence-electron chi connectivity index (χ0n) is 9.30. The third kappa shape index (κ3) is 2.45. The highest BCUT2D eigenvalue weighted by molar-refractivity contribution is 7.14. The number of thiazole rings is 1. The van der Waals surface area contributed by atoms with Crippen LogP contribution in [0.15, 0.2) is 10.7 Å². The minimum absolute atomic E-state index is 0.0913. The molecule has 0 aliphatic rings. The van der Waals surface area contributed by atoms with Crippen molar-refractivity contribution in [3.8, 4) is 10.8 Å². The van der Waals surface area contributed by atoms with Crippen molar-refractivity contribution in [2.24, 2.45) is 5.73 Å². The highest BCUT2D eigenvalue weighted by Gasteiger charge is 2.12. The Morgan fingerprint density at radius 3 is 3.00 bits per heavy atom. The highest BCUT2D eigenvalue weighted by atomic mass is 32.1. The highest BCUT2D eigenvalue weighted by Crippen LogP contribution is 2.23. The first-order valence-electron chi connectivity index (χ1n) is 5.20. The maximum Gasteiger partial charge on any atom is 0.269 e. The van der Waals surface area contributed by atoms with Crippen molar-refractivity contribution in [3.05, 3.63) is 17.0 Å². The molecule has 2 aromatic heterocycles. The Balaban J connectivity index is 2.13. The van der Waals surface area contributed by atoms with Gasteiger partial charge in [0.25, 0.3) is 5.89 Å². The van der Waals surface area contributed by atoms with E-state index in [-0.39, 0.29) is 6.04 Å². The van der Waals surface area contributed by atoms with Crippen LogP contribution in [0.3, 0.4) is 0 Å². The van der Waals surface area contributed by atoms with Crippen molar-refractivity contribution in [3.63, 3.8) is 0 Å². The smallest absolute Gasteiger partial charge is 0.269 e. The molecule has 0 bridgehead atoms. The van der Waals surface area contributed by atoms with E-state index in [0.29, 0.717) is 18.1 Å². The summed E-state index contributed by atoms with van der Waals surface area (Å²) in [6.45, 7) is 3.98. The van der Waals surface area contributed by atoms with E-state index in [1.54, 1.807) is 17.5 Å². The molecule has 1 atom stereocenters. The van der Waals surface area contributed by atoms with E-state index in [2.05, 4.69) is 15.1 Å². The van der Waals surface area contributed by atoms with E-state index in [9.17, 15) is 0 Å². The van der Waals surface area contributed by atoms with Gasteiger partial charge in [0.15, 0.2) is 5.82 Å². The predicted octanol–water partition coefficient (Wildman–Crippen LogP) is 1.78. The maximum atomic E-state index is 5.83. The van der Waals surface area contributed by atoms with Gasteiger partial charge in [-0.25, -0.2) is 4.98 Å². The monoisotopic (exact) mass is 238 g/mol. The van der Waals surface area contributed by atoms with Gasteiger partial charge in [0, 0.05) is 12.5 Å². The van der Waals surface area contributed by atoms with Crippen molar-refractivity contribution in [1.82, 2.24) is 15.1 Å². The van der Waals surface area contributed by atoms with Crippen LogP contribution in [0.1, 0.15) is 24.2 Å². The third-order valence-corrected chi connectivity index (χ3v) is 3.17. The van der Waals surface area contributed by atoms with Crippen LogP contribution in [0, 0.1) is 6.92 Å². The zero-order chi connectivity index (χ0) is 11.5. The first-order chi connectivity index (χ1) is 7.69. The first-order valence-corrected chi connectivity index (χ1v) is 6.01. The summed E-state index contributed by atoms with van der Waals surface area (Å²) >= 11 is 1.54. The topological polar surface area (TPSA) is 77.8 Å². The Morgan fingerprint density at radius 1 is 1.56 bits per heavy atom. The Morgan fingerprint density at radius 2 is 2.38 bits per heavy atom. The lowest BCUT2D eigenvalue weighted by atomic mass is 10.2. The van der Waals surface area contributed by atoms with E-state index < -0.39 is 0 Å². The van der Waals surface area contributed by atoms with Gasteiger partial charge in [-0.2, -0.15) is 4.98 Å². The molecule has 0 aliphatic carbocycles. The second-order valence-corrected chi connectivity index (χ2v) is 4.87. The van der Waals surface area contributed by atoms with Gasteiger partial charge in [-0.15, -0.1) is 11.3 Å². The molecular formula is C10H14N4OS. The van der Waals surface area contributed by atoms with Crippen molar-refractivity contribution in [2.45, 2.75) is 32.7 Å². The molecular weight excluding hydrogens is 224 g/mol. The van der Waals surface area contributed by atoms with Gasteiger partial charge >= 0.3 is 0 Å². The van der Waals surface area contributed by atoms with Gasteiger partial charge in [0.2, 0.25) is 0 Å². The molecule has 6 heteroatoms. The van der Waals surface area contributed by atoms with Crippen molar-refractivity contribution >= 4 is 11.3 Å². The summed E-state index contributed by atoms with van der Waals surface area (Å²) in [5.74, 6) is 1.19. The van der Waals surface area contributed by atoms with E-state index >= 15 is 0 Å². The summed E-state index contributed by atoms with van der Waals surface area (Å²) in [4.78, 5) is 9.34. The summed E-state index contributed by atoms with van der Waals surface area (Å²) in [5, 5.41) is 4.89. The molecule has 0 aliphatic heterocycles. The van der Waals surface area contributed by atoms with Crippen molar-refractivity contribution in [1.29, 1.82) is 0 Å². The first kappa shape index (κ1) is 11.2. The van der Waals surface area contributed by atoms with E-state index in [1.807, 2.05) is 13.8 Å². The molecule has 0 radical (unpaired) electrons. The molecule has 86 valence electrons. The van der Waals surface area contributed by atoms with Crippen LogP contribution < -0.4 is 5.73 Å². The molecule has 0 fully saturated rings. The third-order valence-electron chi connectivity index (χ3n) is 2.27. The summed E-state index contributed by atoms with van der Waals surface area (Å²) in [6, 6.07) is 0.0913. The maximum absolute atomic E-state index is 5.83. The fourth-order valence-corrected chi connectivity index (χ4v) is 1.98. The fourth-order valence-electron chi connectivity index (χ4n) is 1.28. The van der Waals surface area contributed by atoms with Crippen LogP contribution in [-0.2, 0) is 6.42 Å². The number of hydrogen-bond donors (Lipinski definition) is 1. The van der Waals surface area contributed by atoms with Gasteiger partial charge in [-0.3, -0.25) is 0 Å². The molecule has 2 aromatic rings. The molecule has 0 spiro atoms. The fraction of sp³-hybridized carbons (Fsp3) is 0.500. The number of rotatable bonds is 4. The lowest BCUT2D eigenvalue weighted by Gasteiger charge is -2.02. The Bertz CT molecular complexity index is 465. The normalized spacial score (nSPS) is 12.9. The minimum atomic E-state index is 0.0913. The predicted molar refractivity (Wildman–Crippen MR) is 62.1 cm³/mol. The second-order valence-electron chi connectivity index (χ2n) is 3.63. The lowest BCUT2D eigenvalue weighted by molar-refractivity contribution is 0.420. The Labute approximate surface area is 97.7 Å². The Hall–Kier alpha value is -1.27. The molecule has 0 saturated carbocycles. The second kappa shape index (κ2) is 4.71. The number of aryl methyl sites for hydroxylation is 1. The van der Waals surface area contributed by atoms with Gasteiger partial charge < -0.3 is 10.3 Å². The number of aromatic nitrogens is 3. The van der Waals surface area contributed by atoms with Gasteiger partial charge in [0.05, 0.1) is 11.2 Å². The number of nitrogens with zero attached hydrogens (tertiary/aromatic N) is 3. The molecule has 16 heavy (non-hydrogen) atoms. The SMILES string of the molecule is CCC(N)Cc1noc(-c2cnc(C)s2)n1. The van der Waals surface area contributed by atoms with Gasteiger partial charge in [-0.05, 0) is 13.3 Å².